The number of carbonyl (C=O) groups is 1. The molecule has 5 bridgehead atoms. The summed E-state index contributed by atoms with van der Waals surface area (Å²) in [6.07, 6.45) is 4.94. The fourth-order valence-corrected chi connectivity index (χ4v) is 5.12. The first-order valence-electron chi connectivity index (χ1n) is 6.52. The number of carbonyl (C=O) groups excluding carboxylic acids is 1. The molecule has 3 saturated heterocycles. The van der Waals surface area contributed by atoms with Gasteiger partial charge in [-0.15, -0.1) is 0 Å². The Bertz CT molecular complexity index is 326. The van der Waals surface area contributed by atoms with Crippen molar-refractivity contribution in [2.45, 2.75) is 44.7 Å². The van der Waals surface area contributed by atoms with Gasteiger partial charge >= 0.3 is 0 Å². The lowest BCUT2D eigenvalue weighted by molar-refractivity contribution is -0.129. The van der Waals surface area contributed by atoms with Gasteiger partial charge < -0.3 is 0 Å². The van der Waals surface area contributed by atoms with Gasteiger partial charge in [-0.1, -0.05) is 6.92 Å². The molecule has 4 fully saturated rings. The van der Waals surface area contributed by atoms with E-state index in [1.165, 1.54) is 25.8 Å². The van der Waals surface area contributed by atoms with Crippen LogP contribution in [-0.2, 0) is 4.79 Å². The van der Waals surface area contributed by atoms with Crippen LogP contribution in [0, 0.1) is 23.7 Å². The summed E-state index contributed by atoms with van der Waals surface area (Å²) in [6.45, 7) is 3.61. The number of piperidine rings is 2. The van der Waals surface area contributed by atoms with Crippen LogP contribution in [-0.4, -0.2) is 29.3 Å². The first-order chi connectivity index (χ1) is 7.24. The zero-order valence-corrected chi connectivity index (χ0v) is 9.36. The second-order valence-corrected chi connectivity index (χ2v) is 6.39. The molecule has 0 aromatic rings. The molecular weight excluding hydrogens is 186 g/mol. The van der Waals surface area contributed by atoms with Crippen LogP contribution in [0.5, 0.6) is 0 Å². The lowest BCUT2D eigenvalue weighted by atomic mass is 9.70. The average Bonchev–Trinajstić information content (AvgIpc) is 2.37. The highest BCUT2D eigenvalue weighted by Crippen LogP contribution is 2.55. The van der Waals surface area contributed by atoms with Crippen molar-refractivity contribution in [2.24, 2.45) is 23.7 Å². The molecule has 0 amide bonds. The van der Waals surface area contributed by atoms with Gasteiger partial charge in [-0.05, 0) is 42.9 Å². The maximum Gasteiger partial charge on any atom is 0.150 e. The van der Waals surface area contributed by atoms with Crippen molar-refractivity contribution >= 4 is 5.78 Å². The van der Waals surface area contributed by atoms with Crippen molar-refractivity contribution in [2.75, 3.05) is 6.54 Å². The summed E-state index contributed by atoms with van der Waals surface area (Å²) in [5.74, 6) is 3.77. The average molecular weight is 205 g/mol. The molecule has 0 radical (unpaired) electrons. The number of fused-ring (bicyclic) bond motifs is 2. The van der Waals surface area contributed by atoms with Crippen LogP contribution < -0.4 is 0 Å². The van der Waals surface area contributed by atoms with E-state index in [0.29, 0.717) is 17.7 Å². The van der Waals surface area contributed by atoms with Crippen molar-refractivity contribution < 1.29 is 4.79 Å². The molecule has 7 atom stereocenters. The van der Waals surface area contributed by atoms with Crippen molar-refractivity contribution in [3.8, 4) is 0 Å². The molecule has 4 aliphatic rings. The zero-order chi connectivity index (χ0) is 10.2. The predicted octanol–water partition coefficient (Wildman–Crippen LogP) is 1.69. The van der Waals surface area contributed by atoms with Gasteiger partial charge in [0.05, 0.1) is 6.04 Å². The highest BCUT2D eigenvalue weighted by atomic mass is 16.1. The Labute approximate surface area is 91.0 Å². The van der Waals surface area contributed by atoms with Crippen molar-refractivity contribution in [3.05, 3.63) is 0 Å². The van der Waals surface area contributed by atoms with Gasteiger partial charge in [0.1, 0.15) is 0 Å². The molecule has 0 aromatic heterocycles. The molecule has 2 nitrogen and oxygen atoms in total. The molecule has 1 aliphatic carbocycles. The van der Waals surface area contributed by atoms with Crippen molar-refractivity contribution in [1.82, 2.24) is 4.90 Å². The van der Waals surface area contributed by atoms with E-state index >= 15 is 0 Å². The third-order valence-corrected chi connectivity index (χ3v) is 5.45. The van der Waals surface area contributed by atoms with E-state index in [9.17, 15) is 4.79 Å². The van der Waals surface area contributed by atoms with Crippen LogP contribution in [0.3, 0.4) is 0 Å². The molecule has 0 aromatic carbocycles. The quantitative estimate of drug-likeness (QED) is 0.600. The molecular formula is C13H19NO. The molecule has 3 aliphatic heterocycles. The Morgan fingerprint density at radius 2 is 2.07 bits per heavy atom. The van der Waals surface area contributed by atoms with Gasteiger partial charge in [0, 0.05) is 19.0 Å². The van der Waals surface area contributed by atoms with Gasteiger partial charge in [0.25, 0.3) is 0 Å². The highest BCUT2D eigenvalue weighted by Gasteiger charge is 2.60. The zero-order valence-electron chi connectivity index (χ0n) is 9.36. The van der Waals surface area contributed by atoms with E-state index in [2.05, 4.69) is 11.8 Å². The Morgan fingerprint density at radius 3 is 2.93 bits per heavy atom. The largest absolute Gasteiger partial charge is 0.298 e. The summed E-state index contributed by atoms with van der Waals surface area (Å²) in [5, 5.41) is 0. The summed E-state index contributed by atoms with van der Waals surface area (Å²) in [6, 6.07) is 1.13. The normalized spacial score (nSPS) is 61.1. The van der Waals surface area contributed by atoms with Crippen LogP contribution >= 0.6 is 0 Å². The topological polar surface area (TPSA) is 20.3 Å². The molecule has 4 rings (SSSR count). The van der Waals surface area contributed by atoms with E-state index < -0.39 is 0 Å². The van der Waals surface area contributed by atoms with E-state index in [4.69, 9.17) is 0 Å². The second-order valence-electron chi connectivity index (χ2n) is 6.39. The summed E-state index contributed by atoms with van der Waals surface area (Å²) in [7, 11) is 0. The van der Waals surface area contributed by atoms with Gasteiger partial charge in [0.2, 0.25) is 0 Å². The van der Waals surface area contributed by atoms with E-state index in [1.807, 2.05) is 0 Å². The van der Waals surface area contributed by atoms with Crippen LogP contribution in [0.1, 0.15) is 32.6 Å². The van der Waals surface area contributed by atoms with Crippen LogP contribution in [0.15, 0.2) is 0 Å². The first kappa shape index (κ1) is 8.74. The highest BCUT2D eigenvalue weighted by molar-refractivity contribution is 5.86. The molecule has 2 heteroatoms. The van der Waals surface area contributed by atoms with Gasteiger partial charge in [0.15, 0.2) is 5.78 Å². The summed E-state index contributed by atoms with van der Waals surface area (Å²) in [5.41, 5.74) is 0. The molecule has 0 N–H and O–H groups in total. The number of ketones is 1. The van der Waals surface area contributed by atoms with Gasteiger partial charge in [-0.25, -0.2) is 0 Å². The minimum Gasteiger partial charge on any atom is -0.298 e. The lowest BCUT2D eigenvalue weighted by Gasteiger charge is -2.43. The molecule has 3 heterocycles. The number of hydrogen-bond acceptors (Lipinski definition) is 2. The first-order valence-corrected chi connectivity index (χ1v) is 6.52. The predicted molar refractivity (Wildman–Crippen MR) is 57.4 cm³/mol. The molecule has 0 spiro atoms. The Morgan fingerprint density at radius 1 is 1.20 bits per heavy atom. The third-order valence-electron chi connectivity index (χ3n) is 5.45. The third kappa shape index (κ3) is 0.968. The number of hydrogen-bond donors (Lipinski definition) is 0. The number of Topliss-reactive ketones (excluding diaryl/α,β-unsaturated/α-hetero) is 1. The van der Waals surface area contributed by atoms with Crippen LogP contribution in [0.4, 0.5) is 0 Å². The number of rotatable bonds is 0. The Balaban J connectivity index is 1.80. The van der Waals surface area contributed by atoms with E-state index in [0.717, 1.165) is 30.2 Å². The Kier molecular flexibility index (Phi) is 1.55. The van der Waals surface area contributed by atoms with Crippen molar-refractivity contribution in [3.63, 3.8) is 0 Å². The molecule has 15 heavy (non-hydrogen) atoms. The number of nitrogens with zero attached hydrogens (tertiary/aromatic N) is 1. The molecule has 7 unspecified atom stereocenters. The lowest BCUT2D eigenvalue weighted by Crippen LogP contribution is -2.51. The summed E-state index contributed by atoms with van der Waals surface area (Å²) in [4.78, 5) is 14.7. The minimum atomic E-state index is 0.351. The molecule has 1 saturated carbocycles. The van der Waals surface area contributed by atoms with E-state index in [1.54, 1.807) is 0 Å². The fourth-order valence-electron chi connectivity index (χ4n) is 5.12. The van der Waals surface area contributed by atoms with E-state index in [-0.39, 0.29) is 0 Å². The van der Waals surface area contributed by atoms with Crippen LogP contribution in [0.25, 0.3) is 0 Å². The second kappa shape index (κ2) is 2.65. The summed E-state index contributed by atoms with van der Waals surface area (Å²) >= 11 is 0. The smallest absolute Gasteiger partial charge is 0.150 e. The van der Waals surface area contributed by atoms with Gasteiger partial charge in [-0.3, -0.25) is 9.69 Å². The molecule has 82 valence electrons. The fraction of sp³-hybridized carbons (Fsp3) is 0.923. The SMILES string of the molecule is CC1CC2C3CC4CC(=O)C2N(C4)C3C1. The van der Waals surface area contributed by atoms with Gasteiger partial charge in [-0.2, -0.15) is 0 Å². The summed E-state index contributed by atoms with van der Waals surface area (Å²) < 4.78 is 0. The van der Waals surface area contributed by atoms with Crippen molar-refractivity contribution in [1.29, 1.82) is 0 Å². The Hall–Kier alpha value is -0.370. The monoisotopic (exact) mass is 205 g/mol. The maximum absolute atomic E-state index is 12.1. The minimum absolute atomic E-state index is 0.351. The van der Waals surface area contributed by atoms with Crippen LogP contribution in [0.2, 0.25) is 0 Å². The maximum atomic E-state index is 12.1. The standard InChI is InChI=1S/C13H19NO/c1-7-2-10-9-4-8-5-12(15)13(10)14(6-8)11(9)3-7/h7-11,13H,2-6H2,1H3.